The summed E-state index contributed by atoms with van der Waals surface area (Å²) in [5.41, 5.74) is -0.399. The van der Waals surface area contributed by atoms with Crippen LogP contribution in [0.3, 0.4) is 0 Å². The largest absolute Gasteiger partial charge is 0.360 e. The number of nitrogens with two attached hydrogens (primary N) is 1. The van der Waals surface area contributed by atoms with Crippen LogP contribution in [0.15, 0.2) is 53.7 Å². The highest BCUT2D eigenvalue weighted by molar-refractivity contribution is 7.92. The Morgan fingerprint density at radius 2 is 1.93 bits per heavy atom. The molecule has 4 atom stereocenters. The zero-order chi connectivity index (χ0) is 41.7. The van der Waals surface area contributed by atoms with Gasteiger partial charge in [-0.15, -0.1) is 0 Å². The van der Waals surface area contributed by atoms with E-state index in [9.17, 15) is 27.3 Å². The molecule has 1 saturated heterocycles. The Labute approximate surface area is 335 Å². The average Bonchev–Trinajstić information content (AvgIpc) is 3.84. The molecule has 19 heteroatoms. The van der Waals surface area contributed by atoms with E-state index in [1.165, 1.54) is 10.7 Å². The predicted molar refractivity (Wildman–Crippen MR) is 206 cm³/mol. The number of amides is 1. The molecule has 2 aromatic heterocycles. The van der Waals surface area contributed by atoms with E-state index in [0.29, 0.717) is 42.4 Å². The van der Waals surface area contributed by atoms with Crippen LogP contribution in [-0.2, 0) is 33.0 Å². The Hall–Kier alpha value is -5.37. The third-order valence-electron chi connectivity index (χ3n) is 10.2. The molecule has 3 heterocycles. The van der Waals surface area contributed by atoms with Crippen molar-refractivity contribution in [2.75, 3.05) is 37.2 Å². The van der Waals surface area contributed by atoms with Crippen LogP contribution in [0.5, 0.6) is 0 Å². The van der Waals surface area contributed by atoms with Gasteiger partial charge in [0.25, 0.3) is 5.91 Å². The number of pyridine rings is 1. The number of aryl methyl sites for hydroxylation is 1. The number of morpholine rings is 1. The molecule has 0 radical (unpaired) electrons. The number of benzene rings is 2. The van der Waals surface area contributed by atoms with E-state index in [-0.39, 0.29) is 51.6 Å². The topological polar surface area (TPSA) is 191 Å². The van der Waals surface area contributed by atoms with Gasteiger partial charge in [0.05, 0.1) is 46.1 Å². The normalized spacial score (nSPS) is 21.4. The lowest BCUT2D eigenvalue weighted by atomic mass is 9.93. The molecule has 6 N–H and O–H groups in total. The van der Waals surface area contributed by atoms with Crippen LogP contribution in [0.4, 0.5) is 23.4 Å². The number of rotatable bonds is 11. The van der Waals surface area contributed by atoms with Gasteiger partial charge < -0.3 is 20.7 Å². The van der Waals surface area contributed by atoms with Crippen molar-refractivity contribution in [1.29, 1.82) is 10.7 Å². The summed E-state index contributed by atoms with van der Waals surface area (Å²) < 4.78 is 94.1. The second-order valence-electron chi connectivity index (χ2n) is 14.7. The number of carbonyl (C=O) groups excluding carboxylic acids is 1. The van der Waals surface area contributed by atoms with E-state index in [0.717, 1.165) is 23.7 Å². The molecular formula is C39H37ClF4N9O4S+. The van der Waals surface area contributed by atoms with Crippen molar-refractivity contribution in [3.05, 3.63) is 87.3 Å². The average molecular weight is 839 g/mol. The number of alkyl halides is 2. The smallest absolute Gasteiger partial charge is 0.323 e. The van der Waals surface area contributed by atoms with Crippen molar-refractivity contribution in [2.45, 2.75) is 37.3 Å². The Bertz CT molecular complexity index is 2610. The molecule has 1 amide bonds. The first-order valence-corrected chi connectivity index (χ1v) is 20.4. The molecule has 302 valence electrons. The zero-order valence-electron chi connectivity index (χ0n) is 31.3. The SMILES string of the molecule is Cn1nc(NS(C)(=O)=O)c2c(Cl)ccc(-c3ccc(C#C[C@]4(C)CNCCO4)nc3[C@H](Cc3cc(F)cc(F)c3)NC(=O)C[NH2+]C3=C(C(=N)C#N)[C@H]4C[C@H]4C3(F)F)c21. The summed E-state index contributed by atoms with van der Waals surface area (Å²) in [7, 11) is -2.23. The highest BCUT2D eigenvalue weighted by atomic mass is 35.5. The van der Waals surface area contributed by atoms with Crippen molar-refractivity contribution in [3.63, 3.8) is 0 Å². The van der Waals surface area contributed by atoms with E-state index < -0.39 is 74.9 Å². The summed E-state index contributed by atoms with van der Waals surface area (Å²) in [6, 6.07) is 9.79. The van der Waals surface area contributed by atoms with Crippen molar-refractivity contribution < 1.29 is 40.8 Å². The number of anilines is 1. The van der Waals surface area contributed by atoms with E-state index >= 15 is 8.78 Å². The molecule has 0 spiro atoms. The summed E-state index contributed by atoms with van der Waals surface area (Å²) in [4.78, 5) is 18.7. The van der Waals surface area contributed by atoms with Gasteiger partial charge in [0, 0.05) is 49.2 Å². The maximum atomic E-state index is 15.3. The molecule has 2 fully saturated rings. The number of sulfonamides is 1. The summed E-state index contributed by atoms with van der Waals surface area (Å²) in [5, 5.41) is 29.3. The number of carbonyl (C=O) groups is 1. The Kier molecular flexibility index (Phi) is 10.9. The van der Waals surface area contributed by atoms with Gasteiger partial charge in [0.2, 0.25) is 10.0 Å². The predicted octanol–water partition coefficient (Wildman–Crippen LogP) is 3.71. The minimum Gasteiger partial charge on any atom is -0.360 e. The fourth-order valence-corrected chi connectivity index (χ4v) is 8.37. The van der Waals surface area contributed by atoms with Gasteiger partial charge in [-0.2, -0.15) is 19.1 Å². The van der Waals surface area contributed by atoms with Crippen LogP contribution in [-0.4, -0.2) is 78.8 Å². The number of nitrogens with zero attached hydrogens (tertiary/aromatic N) is 4. The highest BCUT2D eigenvalue weighted by Crippen LogP contribution is 2.61. The lowest BCUT2D eigenvalue weighted by Gasteiger charge is -2.29. The van der Waals surface area contributed by atoms with E-state index in [1.807, 2.05) is 6.92 Å². The van der Waals surface area contributed by atoms with Gasteiger partial charge in [-0.3, -0.25) is 19.6 Å². The summed E-state index contributed by atoms with van der Waals surface area (Å²) in [6.45, 7) is 2.73. The summed E-state index contributed by atoms with van der Waals surface area (Å²) >= 11 is 6.63. The van der Waals surface area contributed by atoms with Gasteiger partial charge in [0.1, 0.15) is 34.7 Å². The molecular weight excluding hydrogens is 802 g/mol. The quantitative estimate of drug-likeness (QED) is 0.0858. The Balaban J connectivity index is 1.35. The van der Waals surface area contributed by atoms with Gasteiger partial charge in [-0.05, 0) is 61.6 Å². The van der Waals surface area contributed by atoms with Gasteiger partial charge in [-0.1, -0.05) is 23.6 Å². The number of nitriles is 1. The minimum atomic E-state index is -3.80. The molecule has 1 aliphatic heterocycles. The van der Waals surface area contributed by atoms with Crippen LogP contribution >= 0.6 is 11.6 Å². The Morgan fingerprint density at radius 3 is 2.60 bits per heavy atom. The first kappa shape index (κ1) is 40.8. The van der Waals surface area contributed by atoms with Crippen molar-refractivity contribution in [2.24, 2.45) is 18.9 Å². The molecule has 0 unspecified atom stereocenters. The molecule has 3 aliphatic rings. The van der Waals surface area contributed by atoms with Crippen molar-refractivity contribution in [3.8, 4) is 29.0 Å². The fraction of sp³-hybridized carbons (Fsp3) is 0.359. The second kappa shape index (κ2) is 15.4. The standard InChI is InChI=1S/C39H36ClF4N9O4S/c1-38(19-47-10-11-57-38)9-8-23-4-5-24(25-6-7-28(40)33-35(25)53(2)51-37(33)52-58(3,55)56)34(49-23)30(14-20-12-21(41)15-22(42)13-20)50-31(54)18-48-36-32(29(46)17-45)26-16-27(26)39(36,43)44/h4-7,12-13,15,26-27,30,46-48H,10-11,14,16,18-19H2,1-3H3,(H,50,54)(H,51,52)/p+1/t26-,27+,30-,38+/m0/s1. The number of fused-ring (bicyclic) bond motifs is 2. The molecule has 1 saturated carbocycles. The van der Waals surface area contributed by atoms with Gasteiger partial charge >= 0.3 is 5.92 Å². The molecule has 2 aromatic carbocycles. The molecule has 4 aromatic rings. The number of hydrogen-bond donors (Lipinski definition) is 5. The number of ether oxygens (including phenoxy) is 1. The second-order valence-corrected chi connectivity index (χ2v) is 16.9. The third-order valence-corrected chi connectivity index (χ3v) is 11.1. The third kappa shape index (κ3) is 8.29. The van der Waals surface area contributed by atoms with Crippen LogP contribution < -0.4 is 20.7 Å². The van der Waals surface area contributed by atoms with Crippen LogP contribution in [0.25, 0.3) is 22.0 Å². The van der Waals surface area contributed by atoms with Crippen LogP contribution in [0, 0.1) is 52.1 Å². The van der Waals surface area contributed by atoms with E-state index in [4.69, 9.17) is 26.7 Å². The molecule has 2 aliphatic carbocycles. The Morgan fingerprint density at radius 1 is 1.21 bits per heavy atom. The summed E-state index contributed by atoms with van der Waals surface area (Å²) in [6.07, 6.45) is 0.861. The van der Waals surface area contributed by atoms with Gasteiger partial charge in [0.15, 0.2) is 18.1 Å². The molecule has 13 nitrogen and oxygen atoms in total. The molecule has 0 bridgehead atoms. The van der Waals surface area contributed by atoms with E-state index in [2.05, 4.69) is 32.3 Å². The fourth-order valence-electron chi connectivity index (χ4n) is 7.63. The zero-order valence-corrected chi connectivity index (χ0v) is 32.9. The number of nitrogens with one attached hydrogen (secondary N) is 4. The minimum absolute atomic E-state index is 0.0479. The van der Waals surface area contributed by atoms with Crippen molar-refractivity contribution >= 4 is 50.0 Å². The molecule has 58 heavy (non-hydrogen) atoms. The monoisotopic (exact) mass is 838 g/mol. The summed E-state index contributed by atoms with van der Waals surface area (Å²) in [5.74, 6) is -1.47. The van der Waals surface area contributed by atoms with Gasteiger partial charge in [-0.25, -0.2) is 22.2 Å². The number of hydrogen-bond acceptors (Lipinski definition) is 9. The first-order valence-electron chi connectivity index (χ1n) is 18.1. The van der Waals surface area contributed by atoms with Crippen molar-refractivity contribution in [1.82, 2.24) is 25.4 Å². The maximum absolute atomic E-state index is 15.3. The van der Waals surface area contributed by atoms with E-state index in [1.54, 1.807) is 31.3 Å². The van der Waals surface area contributed by atoms with Crippen LogP contribution in [0.1, 0.15) is 36.3 Å². The number of quaternary nitrogens is 1. The first-order chi connectivity index (χ1) is 27.4. The molecule has 7 rings (SSSR count). The number of halogens is 5. The highest BCUT2D eigenvalue weighted by Gasteiger charge is 2.68. The number of aromatic nitrogens is 3. The lowest BCUT2D eigenvalue weighted by Crippen LogP contribution is -2.87. The van der Waals surface area contributed by atoms with Crippen LogP contribution in [0.2, 0.25) is 5.02 Å². The number of allylic oxidation sites excluding steroid dienone is 2. The maximum Gasteiger partial charge on any atom is 0.323 e. The lowest BCUT2D eigenvalue weighted by molar-refractivity contribution is -0.609.